The Morgan fingerprint density at radius 2 is 2.10 bits per heavy atom. The second kappa shape index (κ2) is 7.23. The van der Waals surface area contributed by atoms with Crippen molar-refractivity contribution in [2.75, 3.05) is 20.6 Å². The van der Waals surface area contributed by atoms with Crippen LogP contribution < -0.4 is 5.32 Å². The second-order valence-electron chi connectivity index (χ2n) is 5.98. The fourth-order valence-electron chi connectivity index (χ4n) is 3.04. The molecule has 1 N–H and O–H groups in total. The van der Waals surface area contributed by atoms with Gasteiger partial charge in [-0.25, -0.2) is 4.39 Å². The van der Waals surface area contributed by atoms with E-state index in [9.17, 15) is 9.18 Å². The number of rotatable bonds is 4. The molecule has 1 aromatic carbocycles. The van der Waals surface area contributed by atoms with Crippen molar-refractivity contribution in [1.82, 2.24) is 10.2 Å². The maximum absolute atomic E-state index is 13.8. The third kappa shape index (κ3) is 4.17. The van der Waals surface area contributed by atoms with Gasteiger partial charge >= 0.3 is 0 Å². The van der Waals surface area contributed by atoms with Crippen LogP contribution in [0.25, 0.3) is 0 Å². The summed E-state index contributed by atoms with van der Waals surface area (Å²) in [5, 5.41) is 3.14. The predicted octanol–water partition coefficient (Wildman–Crippen LogP) is 3.33. The minimum absolute atomic E-state index is 0.0478. The van der Waals surface area contributed by atoms with Gasteiger partial charge in [-0.15, -0.1) is 0 Å². The lowest BCUT2D eigenvalue weighted by Gasteiger charge is -2.34. The SMILES string of the molecule is CN(C)CC1CCCCC1NC(=O)c1c(F)cccc1Cl. The first-order valence-electron chi connectivity index (χ1n) is 7.38. The molecular formula is C16H22ClFN2O. The number of halogens is 2. The molecule has 0 heterocycles. The van der Waals surface area contributed by atoms with Crippen LogP contribution in [-0.2, 0) is 0 Å². The van der Waals surface area contributed by atoms with Crippen LogP contribution in [0.3, 0.4) is 0 Å². The van der Waals surface area contributed by atoms with E-state index < -0.39 is 11.7 Å². The number of amides is 1. The highest BCUT2D eigenvalue weighted by atomic mass is 35.5. The fourth-order valence-corrected chi connectivity index (χ4v) is 3.29. The molecule has 1 amide bonds. The minimum Gasteiger partial charge on any atom is -0.349 e. The molecule has 0 spiro atoms. The van der Waals surface area contributed by atoms with Crippen LogP contribution in [0, 0.1) is 11.7 Å². The minimum atomic E-state index is -0.569. The molecule has 1 fully saturated rings. The van der Waals surface area contributed by atoms with Gasteiger partial charge in [0.1, 0.15) is 5.82 Å². The number of hydrogen-bond donors (Lipinski definition) is 1. The highest BCUT2D eigenvalue weighted by Crippen LogP contribution is 2.26. The largest absolute Gasteiger partial charge is 0.349 e. The molecule has 3 nitrogen and oxygen atoms in total. The van der Waals surface area contributed by atoms with Crippen LogP contribution in [0.4, 0.5) is 4.39 Å². The molecular weight excluding hydrogens is 291 g/mol. The first-order chi connectivity index (χ1) is 9.99. The van der Waals surface area contributed by atoms with Crippen molar-refractivity contribution < 1.29 is 9.18 Å². The molecule has 0 bridgehead atoms. The summed E-state index contributed by atoms with van der Waals surface area (Å²) >= 11 is 5.95. The zero-order valence-electron chi connectivity index (χ0n) is 12.5. The van der Waals surface area contributed by atoms with Crippen molar-refractivity contribution in [1.29, 1.82) is 0 Å². The average Bonchev–Trinajstić information content (AvgIpc) is 2.40. The third-order valence-corrected chi connectivity index (χ3v) is 4.33. The molecule has 2 rings (SSSR count). The predicted molar refractivity (Wildman–Crippen MR) is 83.2 cm³/mol. The quantitative estimate of drug-likeness (QED) is 0.925. The van der Waals surface area contributed by atoms with E-state index in [-0.39, 0.29) is 16.6 Å². The lowest BCUT2D eigenvalue weighted by atomic mass is 9.84. The summed E-state index contributed by atoms with van der Waals surface area (Å²) in [5.41, 5.74) is -0.0478. The second-order valence-corrected chi connectivity index (χ2v) is 6.39. The zero-order chi connectivity index (χ0) is 15.4. The van der Waals surface area contributed by atoms with Gasteiger partial charge in [-0.3, -0.25) is 4.79 Å². The Balaban J connectivity index is 2.10. The Hall–Kier alpha value is -1.13. The first kappa shape index (κ1) is 16.2. The number of nitrogens with one attached hydrogen (secondary N) is 1. The van der Waals surface area contributed by atoms with Crippen molar-refractivity contribution >= 4 is 17.5 Å². The van der Waals surface area contributed by atoms with E-state index in [1.54, 1.807) is 0 Å². The van der Waals surface area contributed by atoms with Crippen molar-refractivity contribution in [3.8, 4) is 0 Å². The summed E-state index contributed by atoms with van der Waals surface area (Å²) in [6.07, 6.45) is 4.32. The Kier molecular flexibility index (Phi) is 5.59. The summed E-state index contributed by atoms with van der Waals surface area (Å²) in [6, 6.07) is 4.39. The molecule has 2 atom stereocenters. The van der Waals surface area contributed by atoms with Gasteiger partial charge in [0, 0.05) is 12.6 Å². The van der Waals surface area contributed by atoms with Gasteiger partial charge in [0.2, 0.25) is 0 Å². The third-order valence-electron chi connectivity index (χ3n) is 4.02. The van der Waals surface area contributed by atoms with Crippen LogP contribution in [0.1, 0.15) is 36.0 Å². The van der Waals surface area contributed by atoms with Crippen LogP contribution >= 0.6 is 11.6 Å². The topological polar surface area (TPSA) is 32.3 Å². The highest BCUT2D eigenvalue weighted by molar-refractivity contribution is 6.33. The molecule has 1 aromatic rings. The Morgan fingerprint density at radius 1 is 1.38 bits per heavy atom. The van der Waals surface area contributed by atoms with E-state index >= 15 is 0 Å². The number of carbonyl (C=O) groups excluding carboxylic acids is 1. The maximum atomic E-state index is 13.8. The summed E-state index contributed by atoms with van der Waals surface area (Å²) in [7, 11) is 4.06. The van der Waals surface area contributed by atoms with Crippen LogP contribution in [0.15, 0.2) is 18.2 Å². The van der Waals surface area contributed by atoms with E-state index in [0.717, 1.165) is 25.8 Å². The Labute approximate surface area is 130 Å². The van der Waals surface area contributed by atoms with Crippen molar-refractivity contribution in [2.24, 2.45) is 5.92 Å². The maximum Gasteiger partial charge on any atom is 0.256 e. The molecule has 0 radical (unpaired) electrons. The van der Waals surface area contributed by atoms with Gasteiger partial charge in [0.25, 0.3) is 5.91 Å². The Bertz CT molecular complexity index is 487. The normalized spacial score (nSPS) is 22.3. The van der Waals surface area contributed by atoms with Gasteiger partial charge in [0.05, 0.1) is 10.6 Å². The van der Waals surface area contributed by atoms with Gasteiger partial charge in [-0.05, 0) is 45.0 Å². The Morgan fingerprint density at radius 3 is 2.76 bits per heavy atom. The van der Waals surface area contributed by atoms with E-state index in [2.05, 4.69) is 10.2 Å². The molecule has 1 aliphatic rings. The summed E-state index contributed by atoms with van der Waals surface area (Å²) < 4.78 is 13.8. The first-order valence-corrected chi connectivity index (χ1v) is 7.76. The number of nitrogens with zero attached hydrogens (tertiary/aromatic N) is 1. The number of benzene rings is 1. The summed E-state index contributed by atoms with van der Waals surface area (Å²) in [4.78, 5) is 14.5. The van der Waals surface area contributed by atoms with E-state index in [1.807, 2.05) is 14.1 Å². The average molecular weight is 313 g/mol. The van der Waals surface area contributed by atoms with Gasteiger partial charge in [-0.1, -0.05) is 30.5 Å². The molecule has 0 aliphatic heterocycles. The molecule has 2 unspecified atom stereocenters. The molecule has 0 saturated heterocycles. The lowest BCUT2D eigenvalue weighted by Crippen LogP contribution is -2.45. The van der Waals surface area contributed by atoms with E-state index in [1.165, 1.54) is 24.6 Å². The van der Waals surface area contributed by atoms with Crippen LogP contribution in [-0.4, -0.2) is 37.5 Å². The molecule has 1 saturated carbocycles. The number of hydrogen-bond acceptors (Lipinski definition) is 2. The van der Waals surface area contributed by atoms with Gasteiger partial charge in [-0.2, -0.15) is 0 Å². The molecule has 5 heteroatoms. The van der Waals surface area contributed by atoms with Crippen LogP contribution in [0.5, 0.6) is 0 Å². The monoisotopic (exact) mass is 312 g/mol. The molecule has 1 aliphatic carbocycles. The lowest BCUT2D eigenvalue weighted by molar-refractivity contribution is 0.0891. The molecule has 0 aromatic heterocycles. The van der Waals surface area contributed by atoms with Crippen molar-refractivity contribution in [3.63, 3.8) is 0 Å². The van der Waals surface area contributed by atoms with Crippen molar-refractivity contribution in [3.05, 3.63) is 34.6 Å². The smallest absolute Gasteiger partial charge is 0.256 e. The van der Waals surface area contributed by atoms with Gasteiger partial charge in [0.15, 0.2) is 0 Å². The van der Waals surface area contributed by atoms with Crippen LogP contribution in [0.2, 0.25) is 5.02 Å². The number of carbonyl (C=O) groups is 1. The van der Waals surface area contributed by atoms with Gasteiger partial charge < -0.3 is 10.2 Å². The zero-order valence-corrected chi connectivity index (χ0v) is 13.3. The van der Waals surface area contributed by atoms with Crippen molar-refractivity contribution in [2.45, 2.75) is 31.7 Å². The molecule has 116 valence electrons. The standard InChI is InChI=1S/C16H22ClFN2O/c1-20(2)10-11-6-3-4-9-14(11)19-16(21)15-12(17)7-5-8-13(15)18/h5,7-8,11,14H,3-4,6,9-10H2,1-2H3,(H,19,21). The summed E-state index contributed by atoms with van der Waals surface area (Å²) in [6.45, 7) is 0.927. The highest BCUT2D eigenvalue weighted by Gasteiger charge is 2.28. The molecule has 21 heavy (non-hydrogen) atoms. The summed E-state index contributed by atoms with van der Waals surface area (Å²) in [5.74, 6) is -0.572. The van der Waals surface area contributed by atoms with E-state index in [0.29, 0.717) is 5.92 Å². The fraction of sp³-hybridized carbons (Fsp3) is 0.562. The van der Waals surface area contributed by atoms with E-state index in [4.69, 9.17) is 11.6 Å².